The first-order chi connectivity index (χ1) is 13.6. The minimum absolute atomic E-state index is 0.0408. The van der Waals surface area contributed by atoms with Crippen molar-refractivity contribution in [2.45, 2.75) is 38.8 Å². The quantitative estimate of drug-likeness (QED) is 0.711. The summed E-state index contributed by atoms with van der Waals surface area (Å²) >= 11 is 0. The lowest BCUT2D eigenvalue weighted by Crippen LogP contribution is -2.36. The maximum absolute atomic E-state index is 12.6. The third-order valence-corrected chi connectivity index (χ3v) is 5.48. The molecule has 1 aromatic heterocycles. The standard InChI is InChI=1S/C23H24N2O3/c26-22(11-6-12-23(27)28)24-14-13-19-18-9-4-5-10-20(18)25(21(19)16-24)15-17-7-2-1-3-8-17/h1-5,7-10H,6,11-16H2,(H,27,28). The van der Waals surface area contributed by atoms with Gasteiger partial charge in [0.15, 0.2) is 0 Å². The summed E-state index contributed by atoms with van der Waals surface area (Å²) in [4.78, 5) is 25.2. The van der Waals surface area contributed by atoms with Crippen LogP contribution in [0.15, 0.2) is 54.6 Å². The fourth-order valence-corrected chi connectivity index (χ4v) is 4.10. The second-order valence-corrected chi connectivity index (χ2v) is 7.33. The number of carboxylic acid groups (broad SMARTS) is 1. The summed E-state index contributed by atoms with van der Waals surface area (Å²) < 4.78 is 2.33. The van der Waals surface area contributed by atoms with Crippen molar-refractivity contribution in [2.75, 3.05) is 6.54 Å². The van der Waals surface area contributed by atoms with Gasteiger partial charge in [-0.05, 0) is 30.0 Å². The Balaban J connectivity index is 1.62. The van der Waals surface area contributed by atoms with Gasteiger partial charge in [-0.2, -0.15) is 0 Å². The molecule has 144 valence electrons. The number of para-hydroxylation sites is 1. The molecule has 5 heteroatoms. The van der Waals surface area contributed by atoms with Crippen molar-refractivity contribution in [1.82, 2.24) is 9.47 Å². The number of amides is 1. The van der Waals surface area contributed by atoms with E-state index in [1.807, 2.05) is 23.1 Å². The second kappa shape index (κ2) is 7.89. The minimum Gasteiger partial charge on any atom is -0.481 e. The third kappa shape index (κ3) is 3.65. The van der Waals surface area contributed by atoms with Gasteiger partial charge in [-0.15, -0.1) is 0 Å². The fourth-order valence-electron chi connectivity index (χ4n) is 4.10. The van der Waals surface area contributed by atoms with Gasteiger partial charge in [-0.25, -0.2) is 0 Å². The summed E-state index contributed by atoms with van der Waals surface area (Å²) in [5.41, 5.74) is 4.97. The molecule has 28 heavy (non-hydrogen) atoms. The van der Waals surface area contributed by atoms with Crippen LogP contribution < -0.4 is 0 Å². The van der Waals surface area contributed by atoms with Gasteiger partial charge in [0.2, 0.25) is 5.91 Å². The van der Waals surface area contributed by atoms with Crippen LogP contribution in [0.5, 0.6) is 0 Å². The van der Waals surface area contributed by atoms with Crippen molar-refractivity contribution in [2.24, 2.45) is 0 Å². The van der Waals surface area contributed by atoms with E-state index in [-0.39, 0.29) is 12.3 Å². The highest BCUT2D eigenvalue weighted by atomic mass is 16.4. The molecule has 0 aliphatic carbocycles. The molecule has 1 amide bonds. The van der Waals surface area contributed by atoms with E-state index in [0.717, 1.165) is 13.0 Å². The molecule has 5 nitrogen and oxygen atoms in total. The molecule has 0 bridgehead atoms. The molecule has 4 rings (SSSR count). The average molecular weight is 376 g/mol. The van der Waals surface area contributed by atoms with Gasteiger partial charge < -0.3 is 14.6 Å². The van der Waals surface area contributed by atoms with Crippen LogP contribution in [0.3, 0.4) is 0 Å². The lowest BCUT2D eigenvalue weighted by molar-refractivity contribution is -0.137. The summed E-state index contributed by atoms with van der Waals surface area (Å²) in [7, 11) is 0. The van der Waals surface area contributed by atoms with E-state index in [4.69, 9.17) is 5.11 Å². The summed E-state index contributed by atoms with van der Waals surface area (Å²) in [6.45, 7) is 2.05. The lowest BCUT2D eigenvalue weighted by Gasteiger charge is -2.29. The van der Waals surface area contributed by atoms with E-state index in [2.05, 4.69) is 41.0 Å². The van der Waals surface area contributed by atoms with Crippen molar-refractivity contribution < 1.29 is 14.7 Å². The number of hydrogen-bond acceptors (Lipinski definition) is 2. The van der Waals surface area contributed by atoms with Gasteiger partial charge in [0.1, 0.15) is 0 Å². The Morgan fingerprint density at radius 1 is 0.964 bits per heavy atom. The Kier molecular flexibility index (Phi) is 5.15. The summed E-state index contributed by atoms with van der Waals surface area (Å²) in [5, 5.41) is 10.1. The van der Waals surface area contributed by atoms with Crippen LogP contribution in [-0.2, 0) is 29.1 Å². The zero-order valence-corrected chi connectivity index (χ0v) is 15.8. The molecule has 2 aromatic carbocycles. The molecule has 0 radical (unpaired) electrons. The highest BCUT2D eigenvalue weighted by Gasteiger charge is 2.26. The number of rotatable bonds is 6. The fraction of sp³-hybridized carbons (Fsp3) is 0.304. The molecule has 0 saturated heterocycles. The molecular formula is C23H24N2O3. The van der Waals surface area contributed by atoms with E-state index in [1.54, 1.807) is 0 Å². The van der Waals surface area contributed by atoms with Crippen molar-refractivity contribution in [3.63, 3.8) is 0 Å². The van der Waals surface area contributed by atoms with Crippen molar-refractivity contribution in [1.29, 1.82) is 0 Å². The maximum Gasteiger partial charge on any atom is 0.303 e. The van der Waals surface area contributed by atoms with Crippen LogP contribution >= 0.6 is 0 Å². The number of hydrogen-bond donors (Lipinski definition) is 1. The molecule has 0 unspecified atom stereocenters. The largest absolute Gasteiger partial charge is 0.481 e. The number of fused-ring (bicyclic) bond motifs is 3. The Morgan fingerprint density at radius 3 is 2.50 bits per heavy atom. The van der Waals surface area contributed by atoms with Crippen molar-refractivity contribution >= 4 is 22.8 Å². The zero-order chi connectivity index (χ0) is 19.5. The molecule has 1 aliphatic heterocycles. The van der Waals surface area contributed by atoms with Crippen LogP contribution in [0.4, 0.5) is 0 Å². The van der Waals surface area contributed by atoms with E-state index in [9.17, 15) is 9.59 Å². The molecule has 1 aliphatic rings. The number of carbonyl (C=O) groups is 2. The monoisotopic (exact) mass is 376 g/mol. The number of aromatic nitrogens is 1. The smallest absolute Gasteiger partial charge is 0.303 e. The van der Waals surface area contributed by atoms with Crippen LogP contribution in [0.1, 0.15) is 36.1 Å². The summed E-state index contributed by atoms with van der Waals surface area (Å²) in [6.07, 6.45) is 1.56. The van der Waals surface area contributed by atoms with Crippen molar-refractivity contribution in [3.05, 3.63) is 71.4 Å². The lowest BCUT2D eigenvalue weighted by atomic mass is 10.0. The number of carboxylic acids is 1. The predicted octanol–water partition coefficient (Wildman–Crippen LogP) is 3.83. The Bertz CT molecular complexity index is 1010. The summed E-state index contributed by atoms with van der Waals surface area (Å²) in [5.74, 6) is -0.805. The van der Waals surface area contributed by atoms with Gasteiger partial charge in [0, 0.05) is 42.5 Å². The van der Waals surface area contributed by atoms with Crippen LogP contribution in [0, 0.1) is 0 Å². The van der Waals surface area contributed by atoms with Gasteiger partial charge in [-0.3, -0.25) is 9.59 Å². The first-order valence-electron chi connectivity index (χ1n) is 9.76. The van der Waals surface area contributed by atoms with E-state index in [0.29, 0.717) is 25.9 Å². The summed E-state index contributed by atoms with van der Waals surface area (Å²) in [6, 6.07) is 18.8. The number of carbonyl (C=O) groups excluding carboxylic acids is 1. The van der Waals surface area contributed by atoms with Crippen molar-refractivity contribution in [3.8, 4) is 0 Å². The zero-order valence-electron chi connectivity index (χ0n) is 15.8. The average Bonchev–Trinajstić information content (AvgIpc) is 3.02. The molecule has 2 heterocycles. The molecule has 0 fully saturated rings. The second-order valence-electron chi connectivity index (χ2n) is 7.33. The maximum atomic E-state index is 12.6. The van der Waals surface area contributed by atoms with Gasteiger partial charge in [0.25, 0.3) is 0 Å². The number of aliphatic carboxylic acids is 1. The van der Waals surface area contributed by atoms with Crippen LogP contribution in [-0.4, -0.2) is 33.0 Å². The number of nitrogens with zero attached hydrogens (tertiary/aromatic N) is 2. The van der Waals surface area contributed by atoms with E-state index in [1.165, 1.54) is 27.7 Å². The van der Waals surface area contributed by atoms with Gasteiger partial charge in [0.05, 0.1) is 6.54 Å². The SMILES string of the molecule is O=C(O)CCCC(=O)N1CCc2c(n(Cc3ccccc3)c3ccccc23)C1. The molecular weight excluding hydrogens is 352 g/mol. The first kappa shape index (κ1) is 18.3. The highest BCUT2D eigenvalue weighted by molar-refractivity contribution is 5.86. The molecule has 1 N–H and O–H groups in total. The van der Waals surface area contributed by atoms with E-state index >= 15 is 0 Å². The molecule has 0 spiro atoms. The molecule has 0 saturated carbocycles. The Morgan fingerprint density at radius 2 is 1.71 bits per heavy atom. The van der Waals surface area contributed by atoms with Crippen LogP contribution in [0.2, 0.25) is 0 Å². The predicted molar refractivity (Wildman–Crippen MR) is 108 cm³/mol. The van der Waals surface area contributed by atoms with E-state index < -0.39 is 5.97 Å². The minimum atomic E-state index is -0.850. The highest BCUT2D eigenvalue weighted by Crippen LogP contribution is 2.31. The number of benzene rings is 2. The van der Waals surface area contributed by atoms with Crippen LogP contribution in [0.25, 0.3) is 10.9 Å². The van der Waals surface area contributed by atoms with Gasteiger partial charge in [-0.1, -0.05) is 48.5 Å². The third-order valence-electron chi connectivity index (χ3n) is 5.48. The first-order valence-corrected chi connectivity index (χ1v) is 9.76. The molecule has 0 atom stereocenters. The Labute approximate surface area is 164 Å². The van der Waals surface area contributed by atoms with Gasteiger partial charge >= 0.3 is 5.97 Å². The molecule has 3 aromatic rings. The topological polar surface area (TPSA) is 62.5 Å². The normalized spacial score (nSPS) is 13.5. The Hall–Kier alpha value is -3.08.